The minimum Gasteiger partial charge on any atom is -0.436 e. The normalized spacial score (nSPS) is 16.9. The highest BCUT2D eigenvalue weighted by Crippen LogP contribution is 2.31. The van der Waals surface area contributed by atoms with Crippen LogP contribution in [0.4, 0.5) is 29.3 Å². The van der Waals surface area contributed by atoms with Crippen molar-refractivity contribution in [3.63, 3.8) is 0 Å². The lowest BCUT2D eigenvalue weighted by Gasteiger charge is -2.17. The van der Waals surface area contributed by atoms with Gasteiger partial charge < -0.3 is 9.64 Å². The van der Waals surface area contributed by atoms with Gasteiger partial charge in [0.25, 0.3) is 5.91 Å². The maximum atomic E-state index is 12.7. The van der Waals surface area contributed by atoms with E-state index in [0.29, 0.717) is 5.69 Å². The number of alkyl halides is 3. The minimum absolute atomic E-state index is 0.101. The van der Waals surface area contributed by atoms with Gasteiger partial charge in [0.05, 0.1) is 10.5 Å². The van der Waals surface area contributed by atoms with Crippen LogP contribution < -0.4 is 10.2 Å². The summed E-state index contributed by atoms with van der Waals surface area (Å²) < 4.78 is 65.1. The van der Waals surface area contributed by atoms with Gasteiger partial charge in [-0.1, -0.05) is 6.07 Å². The van der Waals surface area contributed by atoms with E-state index in [-0.39, 0.29) is 23.5 Å². The molecule has 29 heavy (non-hydrogen) atoms. The Labute approximate surface area is 165 Å². The lowest BCUT2D eigenvalue weighted by Crippen LogP contribution is -2.33. The molecule has 0 aromatic heterocycles. The van der Waals surface area contributed by atoms with Crippen LogP contribution >= 0.6 is 0 Å². The molecule has 1 aliphatic rings. The second kappa shape index (κ2) is 8.11. The number of benzene rings is 2. The molecule has 0 aliphatic carbocycles. The molecule has 3 rings (SSSR count). The first kappa shape index (κ1) is 20.6. The Balaban J connectivity index is 1.62. The number of ether oxygens (including phenoxy) is 1. The number of hydrogen-bond acceptors (Lipinski definition) is 5. The van der Waals surface area contributed by atoms with Gasteiger partial charge in [-0.3, -0.25) is 10.1 Å². The van der Waals surface area contributed by atoms with Crippen LogP contribution in [0, 0.1) is 0 Å². The van der Waals surface area contributed by atoms with Crippen molar-refractivity contribution < 1.29 is 35.9 Å². The van der Waals surface area contributed by atoms with Crippen LogP contribution in [-0.4, -0.2) is 33.1 Å². The number of carbonyl (C=O) groups excluding carboxylic acids is 2. The number of nitrogens with zero attached hydrogens (tertiary/aromatic N) is 1. The number of carbonyl (C=O) groups is 2. The van der Waals surface area contributed by atoms with Gasteiger partial charge in [0, 0.05) is 24.3 Å². The van der Waals surface area contributed by atoms with Crippen LogP contribution in [0.3, 0.4) is 0 Å². The summed E-state index contributed by atoms with van der Waals surface area (Å²) in [5.41, 5.74) is -0.601. The van der Waals surface area contributed by atoms with Crippen molar-refractivity contribution in [3.05, 3.63) is 54.1 Å². The molecular weight excluding hydrogens is 413 g/mol. The summed E-state index contributed by atoms with van der Waals surface area (Å²) in [5.74, 6) is -0.511. The van der Waals surface area contributed by atoms with E-state index in [2.05, 4.69) is 5.32 Å². The Kier molecular flexibility index (Phi) is 5.78. The average Bonchev–Trinajstić information content (AvgIpc) is 3.01. The summed E-state index contributed by atoms with van der Waals surface area (Å²) in [6.07, 6.45) is -6.52. The topological polar surface area (TPSA) is 92.8 Å². The molecule has 0 radical (unpaired) electrons. The first-order valence-electron chi connectivity index (χ1n) is 8.36. The molecule has 0 unspecified atom stereocenters. The lowest BCUT2D eigenvalue weighted by atomic mass is 10.2. The highest BCUT2D eigenvalue weighted by molar-refractivity contribution is 7.72. The Morgan fingerprint density at radius 2 is 1.83 bits per heavy atom. The number of amides is 2. The zero-order chi connectivity index (χ0) is 21.2. The molecule has 1 N–H and O–H groups in total. The largest absolute Gasteiger partial charge is 0.436 e. The minimum atomic E-state index is -4.56. The zero-order valence-electron chi connectivity index (χ0n) is 14.7. The highest BCUT2D eigenvalue weighted by Gasteiger charge is 2.36. The monoisotopic (exact) mass is 428 g/mol. The van der Waals surface area contributed by atoms with Gasteiger partial charge >= 0.3 is 12.3 Å². The van der Waals surface area contributed by atoms with E-state index in [9.17, 15) is 31.2 Å². The molecule has 2 aromatic carbocycles. The fourth-order valence-electron chi connectivity index (χ4n) is 2.82. The molecule has 0 bridgehead atoms. The van der Waals surface area contributed by atoms with Gasteiger partial charge in [0.15, 0.2) is 16.8 Å². The summed E-state index contributed by atoms with van der Waals surface area (Å²) in [6.45, 7) is 0.239. The quantitative estimate of drug-likeness (QED) is 0.731. The van der Waals surface area contributed by atoms with Crippen LogP contribution in [0.25, 0.3) is 0 Å². The summed E-state index contributed by atoms with van der Waals surface area (Å²) >= 11 is 0. The Morgan fingerprint density at radius 1 is 1.14 bits per heavy atom. The predicted octanol–water partition coefficient (Wildman–Crippen LogP) is 3.03. The summed E-state index contributed by atoms with van der Waals surface area (Å²) in [6, 6.07) is 9.65. The molecule has 1 heterocycles. The first-order chi connectivity index (χ1) is 13.6. The van der Waals surface area contributed by atoms with Crippen molar-refractivity contribution in [1.29, 1.82) is 0 Å². The maximum absolute atomic E-state index is 12.7. The van der Waals surface area contributed by atoms with Crippen LogP contribution in [0.15, 0.2) is 53.4 Å². The number of thiol groups is 1. The molecule has 154 valence electrons. The molecule has 0 saturated carbocycles. The van der Waals surface area contributed by atoms with Crippen LogP contribution in [0.1, 0.15) is 12.0 Å². The highest BCUT2D eigenvalue weighted by atomic mass is 32.2. The summed E-state index contributed by atoms with van der Waals surface area (Å²) in [7, 11) is -2.74. The molecule has 1 atom stereocenters. The van der Waals surface area contributed by atoms with Crippen molar-refractivity contribution in [3.8, 4) is 0 Å². The molecule has 1 fully saturated rings. The van der Waals surface area contributed by atoms with Crippen molar-refractivity contribution in [2.75, 3.05) is 16.8 Å². The molecular formula is C18H15F3N2O5S. The number of anilines is 2. The molecule has 0 spiro atoms. The van der Waals surface area contributed by atoms with E-state index in [4.69, 9.17) is 4.74 Å². The van der Waals surface area contributed by atoms with Crippen LogP contribution in [-0.2, 0) is 26.4 Å². The maximum Gasteiger partial charge on any atom is 0.416 e. The van der Waals surface area contributed by atoms with Crippen LogP contribution in [0.2, 0.25) is 0 Å². The number of hydrogen-bond donors (Lipinski definition) is 2. The van der Waals surface area contributed by atoms with E-state index in [1.807, 2.05) is 0 Å². The molecule has 11 heteroatoms. The Hall–Kier alpha value is -3.08. The number of nitrogens with one attached hydrogen (secondary N) is 1. The second-order valence-electron chi connectivity index (χ2n) is 6.15. The number of rotatable bonds is 4. The van der Waals surface area contributed by atoms with E-state index in [0.717, 1.165) is 18.2 Å². The van der Waals surface area contributed by atoms with E-state index in [1.54, 1.807) is 0 Å². The van der Waals surface area contributed by atoms with Gasteiger partial charge in [0.2, 0.25) is 0 Å². The van der Waals surface area contributed by atoms with Gasteiger partial charge in [-0.15, -0.1) is 0 Å². The van der Waals surface area contributed by atoms with Gasteiger partial charge in [-0.05, 0) is 42.5 Å². The SMILES string of the molecule is O=C(Nc1cccc(C(F)(F)F)c1)O[C@H]1CCN(c2ccc([SH](=O)=O)cc2)C1=O. The first-order valence-corrected chi connectivity index (χ1v) is 9.53. The molecule has 2 aromatic rings. The van der Waals surface area contributed by atoms with E-state index in [1.165, 1.54) is 35.2 Å². The third kappa shape index (κ3) is 4.86. The van der Waals surface area contributed by atoms with E-state index < -0.39 is 40.5 Å². The molecule has 7 nitrogen and oxygen atoms in total. The van der Waals surface area contributed by atoms with Gasteiger partial charge in [-0.25, -0.2) is 13.2 Å². The van der Waals surface area contributed by atoms with Crippen molar-refractivity contribution >= 4 is 34.1 Å². The van der Waals surface area contributed by atoms with Crippen LogP contribution in [0.5, 0.6) is 0 Å². The number of halogens is 3. The fraction of sp³-hybridized carbons (Fsp3) is 0.222. The lowest BCUT2D eigenvalue weighted by molar-refractivity contribution is -0.137. The fourth-order valence-corrected chi connectivity index (χ4v) is 3.22. The molecule has 1 saturated heterocycles. The molecule has 2 amide bonds. The standard InChI is InChI=1S/C18H15F3N2O5S/c19-18(20,21)11-2-1-3-12(10-11)22-17(25)28-15-8-9-23(16(15)24)13-4-6-14(7-5-13)29(26)27/h1-7,10,15,29H,8-9H2,(H,22,25)/t15-/m0/s1. The average molecular weight is 428 g/mol. The van der Waals surface area contributed by atoms with Crippen molar-refractivity contribution in [2.45, 2.75) is 23.6 Å². The van der Waals surface area contributed by atoms with Gasteiger partial charge in [-0.2, -0.15) is 13.2 Å². The second-order valence-corrected chi connectivity index (χ2v) is 7.18. The third-order valence-electron chi connectivity index (χ3n) is 4.21. The third-order valence-corrected chi connectivity index (χ3v) is 4.93. The van der Waals surface area contributed by atoms with E-state index >= 15 is 0 Å². The smallest absolute Gasteiger partial charge is 0.416 e. The van der Waals surface area contributed by atoms with Crippen molar-refractivity contribution in [2.24, 2.45) is 0 Å². The predicted molar refractivity (Wildman–Crippen MR) is 97.3 cm³/mol. The van der Waals surface area contributed by atoms with Gasteiger partial charge in [0.1, 0.15) is 0 Å². The summed E-state index contributed by atoms with van der Waals surface area (Å²) in [4.78, 5) is 25.9. The summed E-state index contributed by atoms with van der Waals surface area (Å²) in [5, 5.41) is 2.18. The Bertz CT molecular complexity index is 997. The Morgan fingerprint density at radius 3 is 2.45 bits per heavy atom. The zero-order valence-corrected chi connectivity index (χ0v) is 15.6. The molecule has 1 aliphatic heterocycles. The van der Waals surface area contributed by atoms with Crippen molar-refractivity contribution in [1.82, 2.24) is 0 Å².